The van der Waals surface area contributed by atoms with E-state index in [9.17, 15) is 14.4 Å². The maximum atomic E-state index is 11.5. The molecule has 0 spiro atoms. The van der Waals surface area contributed by atoms with Crippen molar-refractivity contribution < 1.29 is 19.1 Å². The van der Waals surface area contributed by atoms with Gasteiger partial charge in [-0.1, -0.05) is 23.7 Å². The van der Waals surface area contributed by atoms with E-state index in [0.717, 1.165) is 0 Å². The Hall–Kier alpha value is -2.28. The fourth-order valence-electron chi connectivity index (χ4n) is 1.50. The molecule has 0 aliphatic carbocycles. The third kappa shape index (κ3) is 5.57. The van der Waals surface area contributed by atoms with Crippen molar-refractivity contribution in [1.82, 2.24) is 5.32 Å². The second-order valence-corrected chi connectivity index (χ2v) is 4.38. The molecule has 0 unspecified atom stereocenters. The second kappa shape index (κ2) is 7.34. The first-order chi connectivity index (χ1) is 9.38. The summed E-state index contributed by atoms with van der Waals surface area (Å²) in [5, 5.41) is 2.93. The van der Waals surface area contributed by atoms with Crippen LogP contribution in [0.5, 0.6) is 0 Å². The number of nitrogens with one attached hydrogen (secondary N) is 1. The molecule has 3 amide bonds. The Kier molecular flexibility index (Phi) is 5.79. The molecule has 7 nitrogen and oxygen atoms in total. The summed E-state index contributed by atoms with van der Waals surface area (Å²) in [6.45, 7) is -0.511. The van der Waals surface area contributed by atoms with Crippen molar-refractivity contribution >= 4 is 29.5 Å². The molecule has 0 aliphatic rings. The minimum Gasteiger partial charge on any atom is -0.456 e. The number of ether oxygens (including phenoxy) is 1. The fraction of sp³-hybridized carbons (Fsp3) is 0.250. The van der Waals surface area contributed by atoms with Crippen LogP contribution < -0.4 is 16.8 Å². The normalized spacial score (nSPS) is 11.4. The van der Waals surface area contributed by atoms with Crippen molar-refractivity contribution in [2.24, 2.45) is 11.5 Å². The van der Waals surface area contributed by atoms with Gasteiger partial charge in [-0.2, -0.15) is 0 Å². The molecule has 8 heteroatoms. The van der Waals surface area contributed by atoms with Gasteiger partial charge in [0.15, 0.2) is 6.61 Å². The fourth-order valence-corrected chi connectivity index (χ4v) is 1.62. The largest absolute Gasteiger partial charge is 0.456 e. The zero-order chi connectivity index (χ0) is 15.1. The van der Waals surface area contributed by atoms with Crippen molar-refractivity contribution in [3.05, 3.63) is 34.9 Å². The average Bonchev–Trinajstić information content (AvgIpc) is 2.36. The van der Waals surface area contributed by atoms with E-state index in [2.05, 4.69) is 10.1 Å². The van der Waals surface area contributed by atoms with E-state index in [-0.39, 0.29) is 6.42 Å². The Morgan fingerprint density at radius 3 is 2.30 bits per heavy atom. The number of hydrogen-bond donors (Lipinski definition) is 3. The monoisotopic (exact) mass is 299 g/mol. The molecule has 1 aromatic carbocycles. The number of carbonyl (C=O) groups is 3. The van der Waals surface area contributed by atoms with Crippen molar-refractivity contribution in [3.8, 4) is 0 Å². The molecule has 0 bridgehead atoms. The van der Waals surface area contributed by atoms with E-state index in [1.807, 2.05) is 0 Å². The maximum absolute atomic E-state index is 11.5. The van der Waals surface area contributed by atoms with E-state index < -0.39 is 30.6 Å². The number of rotatable bonds is 6. The summed E-state index contributed by atoms with van der Waals surface area (Å²) in [6.07, 6.45) is -0.183. The smallest absolute Gasteiger partial charge is 0.312 e. The molecule has 1 aromatic rings. The SMILES string of the molecule is NC(=O)COC(=O)C[C@@H](NC(N)=O)c1ccc(Cl)cc1. The van der Waals surface area contributed by atoms with Crippen LogP contribution in [0.1, 0.15) is 18.0 Å². The van der Waals surface area contributed by atoms with Gasteiger partial charge in [-0.05, 0) is 17.7 Å². The van der Waals surface area contributed by atoms with Gasteiger partial charge >= 0.3 is 12.0 Å². The van der Waals surface area contributed by atoms with Crippen LogP contribution in [0.15, 0.2) is 24.3 Å². The minimum absolute atomic E-state index is 0.183. The molecule has 0 fully saturated rings. The van der Waals surface area contributed by atoms with Gasteiger partial charge in [-0.15, -0.1) is 0 Å². The lowest BCUT2D eigenvalue weighted by molar-refractivity contribution is -0.148. The predicted molar refractivity (Wildman–Crippen MR) is 71.7 cm³/mol. The lowest BCUT2D eigenvalue weighted by Crippen LogP contribution is -2.35. The number of benzene rings is 1. The average molecular weight is 300 g/mol. The molecule has 1 atom stereocenters. The van der Waals surface area contributed by atoms with Gasteiger partial charge in [0, 0.05) is 5.02 Å². The summed E-state index contributed by atoms with van der Waals surface area (Å²) in [7, 11) is 0. The molecule has 0 heterocycles. The number of primary amides is 2. The number of esters is 1. The van der Waals surface area contributed by atoms with Gasteiger partial charge < -0.3 is 21.5 Å². The van der Waals surface area contributed by atoms with Crippen LogP contribution in [-0.2, 0) is 14.3 Å². The van der Waals surface area contributed by atoms with Crippen molar-refractivity contribution in [2.75, 3.05) is 6.61 Å². The molecule has 0 aromatic heterocycles. The molecule has 0 aliphatic heterocycles. The number of halogens is 1. The third-order valence-electron chi connectivity index (χ3n) is 2.34. The van der Waals surface area contributed by atoms with Gasteiger partial charge in [-0.3, -0.25) is 9.59 Å². The van der Waals surface area contributed by atoms with Crippen molar-refractivity contribution in [3.63, 3.8) is 0 Å². The molecule has 0 radical (unpaired) electrons. The molecule has 5 N–H and O–H groups in total. The highest BCUT2D eigenvalue weighted by Crippen LogP contribution is 2.19. The lowest BCUT2D eigenvalue weighted by Gasteiger charge is -2.17. The van der Waals surface area contributed by atoms with Crippen LogP contribution in [0.25, 0.3) is 0 Å². The standard InChI is InChI=1S/C12H14ClN3O4/c13-8-3-1-7(2-4-8)9(16-12(15)19)5-11(18)20-6-10(14)17/h1-4,9H,5-6H2,(H2,14,17)(H3,15,16,19)/t9-/m1/s1. The Balaban J connectivity index is 2.74. The Labute approximate surface area is 120 Å². The van der Waals surface area contributed by atoms with Crippen LogP contribution in [0.3, 0.4) is 0 Å². The molecular formula is C12H14ClN3O4. The van der Waals surface area contributed by atoms with Gasteiger partial charge in [0.05, 0.1) is 12.5 Å². The van der Waals surface area contributed by atoms with Gasteiger partial charge in [0.25, 0.3) is 5.91 Å². The second-order valence-electron chi connectivity index (χ2n) is 3.94. The molecule has 0 saturated carbocycles. The summed E-state index contributed by atoms with van der Waals surface area (Å²) in [5.41, 5.74) is 10.5. The summed E-state index contributed by atoms with van der Waals surface area (Å²) >= 11 is 5.76. The zero-order valence-electron chi connectivity index (χ0n) is 10.5. The number of urea groups is 1. The Bertz CT molecular complexity index is 504. The van der Waals surface area contributed by atoms with E-state index in [0.29, 0.717) is 10.6 Å². The van der Waals surface area contributed by atoms with Crippen LogP contribution in [0, 0.1) is 0 Å². The number of hydrogen-bond acceptors (Lipinski definition) is 4. The van der Waals surface area contributed by atoms with Crippen molar-refractivity contribution in [2.45, 2.75) is 12.5 Å². The highest BCUT2D eigenvalue weighted by molar-refractivity contribution is 6.30. The summed E-state index contributed by atoms with van der Waals surface area (Å²) in [4.78, 5) is 33.0. The Morgan fingerprint density at radius 1 is 1.20 bits per heavy atom. The first kappa shape index (κ1) is 15.8. The molecule has 108 valence electrons. The summed E-state index contributed by atoms with van der Waals surface area (Å²) < 4.78 is 4.63. The van der Waals surface area contributed by atoms with Crippen LogP contribution in [0.4, 0.5) is 4.79 Å². The van der Waals surface area contributed by atoms with E-state index in [1.54, 1.807) is 24.3 Å². The minimum atomic E-state index is -0.785. The summed E-state index contributed by atoms with van der Waals surface area (Å²) in [6, 6.07) is 5.05. The Morgan fingerprint density at radius 2 is 1.80 bits per heavy atom. The van der Waals surface area contributed by atoms with E-state index in [1.165, 1.54) is 0 Å². The van der Waals surface area contributed by atoms with E-state index >= 15 is 0 Å². The first-order valence-electron chi connectivity index (χ1n) is 5.64. The highest BCUT2D eigenvalue weighted by atomic mass is 35.5. The lowest BCUT2D eigenvalue weighted by atomic mass is 10.0. The van der Waals surface area contributed by atoms with Crippen molar-refractivity contribution in [1.29, 1.82) is 0 Å². The van der Waals surface area contributed by atoms with Gasteiger partial charge in [0.2, 0.25) is 0 Å². The predicted octanol–water partition coefficient (Wildman–Crippen LogP) is 0.468. The van der Waals surface area contributed by atoms with E-state index in [4.69, 9.17) is 23.1 Å². The van der Waals surface area contributed by atoms with Gasteiger partial charge in [0.1, 0.15) is 0 Å². The van der Waals surface area contributed by atoms with Crippen LogP contribution in [0.2, 0.25) is 5.02 Å². The molecule has 20 heavy (non-hydrogen) atoms. The highest BCUT2D eigenvalue weighted by Gasteiger charge is 2.18. The maximum Gasteiger partial charge on any atom is 0.312 e. The molecular weight excluding hydrogens is 286 g/mol. The molecule has 0 saturated heterocycles. The number of nitrogens with two attached hydrogens (primary N) is 2. The van der Waals surface area contributed by atoms with Crippen LogP contribution >= 0.6 is 11.6 Å². The third-order valence-corrected chi connectivity index (χ3v) is 2.59. The first-order valence-corrected chi connectivity index (χ1v) is 6.01. The number of amides is 3. The summed E-state index contributed by atoms with van der Waals surface area (Å²) in [5.74, 6) is -1.44. The number of carbonyl (C=O) groups excluding carboxylic acids is 3. The van der Waals surface area contributed by atoms with Crippen LogP contribution in [-0.4, -0.2) is 24.5 Å². The quantitative estimate of drug-likeness (QED) is 0.660. The topological polar surface area (TPSA) is 125 Å². The molecule has 1 rings (SSSR count). The van der Waals surface area contributed by atoms with Gasteiger partial charge in [-0.25, -0.2) is 4.79 Å². The zero-order valence-corrected chi connectivity index (χ0v) is 11.2.